The van der Waals surface area contributed by atoms with Crippen LogP contribution in [0.1, 0.15) is 24.4 Å². The van der Waals surface area contributed by atoms with Crippen molar-refractivity contribution in [2.75, 3.05) is 12.9 Å². The lowest BCUT2D eigenvalue weighted by atomic mass is 10.1. The summed E-state index contributed by atoms with van der Waals surface area (Å²) in [5.74, 6) is 1.57. The Morgan fingerprint density at radius 3 is 2.59 bits per heavy atom. The minimum Gasteiger partial charge on any atom is -0.497 e. The van der Waals surface area contributed by atoms with E-state index in [1.165, 1.54) is 11.8 Å². The average Bonchev–Trinajstić information content (AvgIpc) is 3.06. The van der Waals surface area contributed by atoms with Crippen molar-refractivity contribution < 1.29 is 9.53 Å². The minimum atomic E-state index is -0.242. The molecule has 0 aliphatic heterocycles. The van der Waals surface area contributed by atoms with Crippen molar-refractivity contribution in [3.63, 3.8) is 0 Å². The third kappa shape index (κ3) is 5.23. The fourth-order valence-electron chi connectivity index (χ4n) is 2.81. The van der Waals surface area contributed by atoms with Crippen LogP contribution < -0.4 is 10.1 Å². The van der Waals surface area contributed by atoms with E-state index in [1.54, 1.807) is 19.2 Å². The van der Waals surface area contributed by atoms with Gasteiger partial charge < -0.3 is 10.1 Å². The van der Waals surface area contributed by atoms with Crippen LogP contribution in [-0.4, -0.2) is 33.5 Å². The second-order valence-corrected chi connectivity index (χ2v) is 8.09. The van der Waals surface area contributed by atoms with E-state index < -0.39 is 0 Å². The predicted octanol–water partition coefficient (Wildman–Crippen LogP) is 4.86. The highest BCUT2D eigenvalue weighted by atomic mass is 35.5. The van der Waals surface area contributed by atoms with Crippen molar-refractivity contribution in [1.82, 2.24) is 20.1 Å². The van der Waals surface area contributed by atoms with Gasteiger partial charge in [-0.25, -0.2) is 0 Å². The number of hydrogen-bond acceptors (Lipinski definition) is 5. The zero-order chi connectivity index (χ0) is 21.0. The molecular formula is C20H20Cl2N4O2S. The van der Waals surface area contributed by atoms with Crippen molar-refractivity contribution >= 4 is 40.9 Å². The van der Waals surface area contributed by atoms with Crippen molar-refractivity contribution in [3.05, 3.63) is 63.9 Å². The number of hydrogen-bond donors (Lipinski definition) is 1. The Kier molecular flexibility index (Phi) is 7.05. The molecule has 2 aromatic carbocycles. The number of nitrogens with one attached hydrogen (secondary N) is 1. The number of halogens is 2. The van der Waals surface area contributed by atoms with Crippen LogP contribution in [0.2, 0.25) is 10.0 Å². The highest BCUT2D eigenvalue weighted by molar-refractivity contribution is 7.99. The molecule has 0 aliphatic carbocycles. The van der Waals surface area contributed by atoms with Gasteiger partial charge in [-0.1, -0.05) is 41.0 Å². The number of aryl methyl sites for hydroxylation is 1. The largest absolute Gasteiger partial charge is 0.497 e. The number of ether oxygens (including phenoxy) is 1. The summed E-state index contributed by atoms with van der Waals surface area (Å²) in [6.45, 7) is 3.74. The van der Waals surface area contributed by atoms with Crippen LogP contribution in [0, 0.1) is 6.92 Å². The number of benzene rings is 2. The SMILES string of the molecule is COc1ccc(-n2c(C)nnc2SCC(=O)NC(C)c2ccc(Cl)cc2Cl)cc1. The standard InChI is InChI=1S/C20H20Cl2N4O2S/c1-12(17-9-4-14(21)10-18(17)22)23-19(27)11-29-20-25-24-13(2)26(20)15-5-7-16(28-3)8-6-15/h4-10,12H,11H2,1-3H3,(H,23,27). The van der Waals surface area contributed by atoms with Crippen LogP contribution in [0.25, 0.3) is 5.69 Å². The second kappa shape index (κ2) is 9.52. The molecule has 0 bridgehead atoms. The molecule has 1 amide bonds. The topological polar surface area (TPSA) is 69.0 Å². The molecule has 29 heavy (non-hydrogen) atoms. The smallest absolute Gasteiger partial charge is 0.230 e. The summed E-state index contributed by atoms with van der Waals surface area (Å²) in [5.41, 5.74) is 1.71. The van der Waals surface area contributed by atoms with Gasteiger partial charge in [0.25, 0.3) is 0 Å². The summed E-state index contributed by atoms with van der Waals surface area (Å²) in [6, 6.07) is 12.6. The molecule has 0 spiro atoms. The first kappa shape index (κ1) is 21.5. The molecule has 1 N–H and O–H groups in total. The van der Waals surface area contributed by atoms with Gasteiger partial charge in [-0.05, 0) is 55.8 Å². The van der Waals surface area contributed by atoms with Gasteiger partial charge in [0.05, 0.1) is 18.9 Å². The number of nitrogens with zero attached hydrogens (tertiary/aromatic N) is 3. The molecule has 0 aliphatic rings. The Bertz CT molecular complexity index is 1010. The van der Waals surface area contributed by atoms with Gasteiger partial charge in [-0.15, -0.1) is 10.2 Å². The maximum atomic E-state index is 12.4. The number of aromatic nitrogens is 3. The van der Waals surface area contributed by atoms with Gasteiger partial charge in [-0.3, -0.25) is 9.36 Å². The molecular weight excluding hydrogens is 431 g/mol. The minimum absolute atomic E-state index is 0.129. The first-order chi connectivity index (χ1) is 13.9. The summed E-state index contributed by atoms with van der Waals surface area (Å²) in [6.07, 6.45) is 0. The van der Waals surface area contributed by atoms with Crippen molar-refractivity contribution in [3.8, 4) is 11.4 Å². The van der Waals surface area contributed by atoms with Gasteiger partial charge in [0, 0.05) is 15.7 Å². The lowest BCUT2D eigenvalue weighted by molar-refractivity contribution is -0.119. The summed E-state index contributed by atoms with van der Waals surface area (Å²) in [5, 5.41) is 13.0. The molecule has 3 aromatic rings. The fraction of sp³-hybridized carbons (Fsp3) is 0.250. The van der Waals surface area contributed by atoms with Crippen LogP contribution in [0.15, 0.2) is 47.6 Å². The number of thioether (sulfide) groups is 1. The molecule has 1 heterocycles. The van der Waals surface area contributed by atoms with Crippen LogP contribution >= 0.6 is 35.0 Å². The van der Waals surface area contributed by atoms with E-state index in [1.807, 2.05) is 48.7 Å². The van der Waals surface area contributed by atoms with Crippen LogP contribution in [0.4, 0.5) is 0 Å². The first-order valence-electron chi connectivity index (χ1n) is 8.82. The van der Waals surface area contributed by atoms with E-state index in [4.69, 9.17) is 27.9 Å². The van der Waals surface area contributed by atoms with Crippen molar-refractivity contribution in [2.24, 2.45) is 0 Å². The number of carbonyl (C=O) groups is 1. The monoisotopic (exact) mass is 450 g/mol. The summed E-state index contributed by atoms with van der Waals surface area (Å²) in [7, 11) is 1.62. The zero-order valence-electron chi connectivity index (χ0n) is 16.1. The third-order valence-corrected chi connectivity index (χ3v) is 5.76. The maximum Gasteiger partial charge on any atom is 0.230 e. The van der Waals surface area contributed by atoms with E-state index in [0.717, 1.165) is 22.8 Å². The second-order valence-electron chi connectivity index (χ2n) is 6.31. The highest BCUT2D eigenvalue weighted by Gasteiger charge is 2.16. The van der Waals surface area contributed by atoms with Gasteiger partial charge in [0.1, 0.15) is 11.6 Å². The Labute approximate surface area is 183 Å². The van der Waals surface area contributed by atoms with E-state index in [9.17, 15) is 4.79 Å². The molecule has 152 valence electrons. The van der Waals surface area contributed by atoms with Gasteiger partial charge >= 0.3 is 0 Å². The highest BCUT2D eigenvalue weighted by Crippen LogP contribution is 2.27. The average molecular weight is 451 g/mol. The Morgan fingerprint density at radius 2 is 1.93 bits per heavy atom. The molecule has 6 nitrogen and oxygen atoms in total. The number of amides is 1. The predicted molar refractivity (Wildman–Crippen MR) is 116 cm³/mol. The van der Waals surface area contributed by atoms with Crippen molar-refractivity contribution in [1.29, 1.82) is 0 Å². The molecule has 1 atom stereocenters. The third-order valence-electron chi connectivity index (χ3n) is 4.26. The summed E-state index contributed by atoms with van der Waals surface area (Å²) in [4.78, 5) is 12.4. The Hall–Kier alpha value is -2.22. The molecule has 0 radical (unpaired) electrons. The fourth-order valence-corrected chi connectivity index (χ4v) is 4.19. The molecule has 1 unspecified atom stereocenters. The lowest BCUT2D eigenvalue weighted by Gasteiger charge is -2.16. The van der Waals surface area contributed by atoms with E-state index in [2.05, 4.69) is 15.5 Å². The maximum absolute atomic E-state index is 12.4. The van der Waals surface area contributed by atoms with Gasteiger partial charge in [0.15, 0.2) is 5.16 Å². The van der Waals surface area contributed by atoms with Gasteiger partial charge in [0.2, 0.25) is 5.91 Å². The van der Waals surface area contributed by atoms with Crippen LogP contribution in [-0.2, 0) is 4.79 Å². The molecule has 0 saturated heterocycles. The number of methoxy groups -OCH3 is 1. The zero-order valence-corrected chi connectivity index (χ0v) is 18.5. The Balaban J connectivity index is 1.66. The van der Waals surface area contributed by atoms with Crippen LogP contribution in [0.3, 0.4) is 0 Å². The first-order valence-corrected chi connectivity index (χ1v) is 10.6. The van der Waals surface area contributed by atoms with Crippen LogP contribution in [0.5, 0.6) is 5.75 Å². The molecule has 3 rings (SSSR count). The van der Waals surface area contributed by atoms with E-state index >= 15 is 0 Å². The van der Waals surface area contributed by atoms with E-state index in [0.29, 0.717) is 15.2 Å². The normalized spacial score (nSPS) is 11.9. The number of carbonyl (C=O) groups excluding carboxylic acids is 1. The quantitative estimate of drug-likeness (QED) is 0.520. The van der Waals surface area contributed by atoms with Gasteiger partial charge in [-0.2, -0.15) is 0 Å². The summed E-state index contributed by atoms with van der Waals surface area (Å²) >= 11 is 13.5. The molecule has 0 saturated carbocycles. The molecule has 1 aromatic heterocycles. The number of rotatable bonds is 7. The Morgan fingerprint density at radius 1 is 1.21 bits per heavy atom. The van der Waals surface area contributed by atoms with Crippen molar-refractivity contribution in [2.45, 2.75) is 25.0 Å². The van der Waals surface area contributed by atoms with E-state index in [-0.39, 0.29) is 17.7 Å². The lowest BCUT2D eigenvalue weighted by Crippen LogP contribution is -2.28. The molecule has 9 heteroatoms. The summed E-state index contributed by atoms with van der Waals surface area (Å²) < 4.78 is 7.10. The molecule has 0 fully saturated rings.